The predicted molar refractivity (Wildman–Crippen MR) is 168 cm³/mol. The van der Waals surface area contributed by atoms with Crippen molar-refractivity contribution >= 4 is 31.0 Å². The first-order valence-corrected chi connectivity index (χ1v) is 17.0. The number of nitrogens with zero attached hydrogens (tertiary/aromatic N) is 9. The Hall–Kier alpha value is -4.36. The van der Waals surface area contributed by atoms with Crippen molar-refractivity contribution in [2.24, 2.45) is 7.05 Å². The molecule has 0 saturated heterocycles. The van der Waals surface area contributed by atoms with Crippen LogP contribution < -0.4 is 14.4 Å². The fourth-order valence-electron chi connectivity index (χ4n) is 4.33. The standard InChI is InChI=1S/C30H39N9O3Si/c1-30(2,3)43(7,8)42-12-11-38-20-32-36-28(38)19-39(22-13-23(40-5)15-24(14-22)41-6)27-10-9-25-29(35-27)34-26(17-31-25)21-16-33-37(4)18-21/h9-10,13-18,20H,11-12,19H2,1-8H3. The molecule has 0 atom stereocenters. The van der Waals surface area contributed by atoms with Crippen molar-refractivity contribution < 1.29 is 13.9 Å². The van der Waals surface area contributed by atoms with Gasteiger partial charge in [0, 0.05) is 43.6 Å². The number of ether oxygens (including phenoxy) is 2. The Kier molecular flexibility index (Phi) is 8.47. The van der Waals surface area contributed by atoms with Crippen molar-refractivity contribution in [2.45, 2.75) is 52.0 Å². The first-order valence-electron chi connectivity index (χ1n) is 14.1. The van der Waals surface area contributed by atoms with Crippen LogP contribution in [0.15, 0.2) is 55.2 Å². The van der Waals surface area contributed by atoms with Crippen LogP contribution in [0, 0.1) is 0 Å². The molecule has 0 aliphatic carbocycles. The second-order valence-electron chi connectivity index (χ2n) is 11.9. The van der Waals surface area contributed by atoms with Crippen LogP contribution in [0.25, 0.3) is 22.4 Å². The lowest BCUT2D eigenvalue weighted by Gasteiger charge is -2.36. The largest absolute Gasteiger partial charge is 0.497 e. The molecular weight excluding hydrogens is 562 g/mol. The number of pyridine rings is 1. The van der Waals surface area contributed by atoms with Crippen molar-refractivity contribution in [2.75, 3.05) is 25.7 Å². The number of benzene rings is 1. The Balaban J connectivity index is 1.51. The summed E-state index contributed by atoms with van der Waals surface area (Å²) in [6.45, 7) is 12.8. The van der Waals surface area contributed by atoms with E-state index in [1.807, 2.05) is 53.0 Å². The van der Waals surface area contributed by atoms with E-state index in [1.165, 1.54) is 0 Å². The molecule has 0 radical (unpaired) electrons. The van der Waals surface area contributed by atoms with E-state index in [4.69, 9.17) is 23.9 Å². The molecule has 0 saturated carbocycles. The Labute approximate surface area is 252 Å². The van der Waals surface area contributed by atoms with Gasteiger partial charge in [-0.1, -0.05) is 20.8 Å². The number of anilines is 2. The van der Waals surface area contributed by atoms with Crippen LogP contribution in [-0.2, 0) is 24.6 Å². The number of methoxy groups -OCH3 is 2. The lowest BCUT2D eigenvalue weighted by atomic mass is 10.2. The molecular formula is C30H39N9O3Si. The third kappa shape index (κ3) is 6.67. The maximum absolute atomic E-state index is 6.44. The highest BCUT2D eigenvalue weighted by atomic mass is 28.4. The molecule has 0 aliphatic heterocycles. The molecule has 0 spiro atoms. The third-order valence-electron chi connectivity index (χ3n) is 7.91. The molecule has 5 rings (SSSR count). The highest BCUT2D eigenvalue weighted by molar-refractivity contribution is 6.74. The van der Waals surface area contributed by atoms with E-state index in [9.17, 15) is 0 Å². The smallest absolute Gasteiger partial charge is 0.192 e. The van der Waals surface area contributed by atoms with Gasteiger partial charge in [-0.25, -0.2) is 9.97 Å². The zero-order chi connectivity index (χ0) is 30.8. The maximum atomic E-state index is 6.44. The molecule has 0 amide bonds. The zero-order valence-electron chi connectivity index (χ0n) is 26.1. The Morgan fingerprint density at radius 2 is 1.72 bits per heavy atom. The summed E-state index contributed by atoms with van der Waals surface area (Å²) < 4.78 is 21.4. The zero-order valence-corrected chi connectivity index (χ0v) is 27.1. The van der Waals surface area contributed by atoms with Crippen LogP contribution in [0.2, 0.25) is 18.1 Å². The van der Waals surface area contributed by atoms with Gasteiger partial charge in [0.1, 0.15) is 29.2 Å². The molecule has 0 bridgehead atoms. The number of aryl methyl sites for hydroxylation is 1. The van der Waals surface area contributed by atoms with Crippen molar-refractivity contribution in [3.8, 4) is 22.8 Å². The fraction of sp³-hybridized carbons (Fsp3) is 0.400. The summed E-state index contributed by atoms with van der Waals surface area (Å²) in [5, 5.41) is 13.1. The summed E-state index contributed by atoms with van der Waals surface area (Å²) in [5.41, 5.74) is 3.58. The Morgan fingerprint density at radius 3 is 2.37 bits per heavy atom. The van der Waals surface area contributed by atoms with Crippen LogP contribution >= 0.6 is 0 Å². The predicted octanol–water partition coefficient (Wildman–Crippen LogP) is 5.39. The minimum Gasteiger partial charge on any atom is -0.497 e. The Bertz CT molecular complexity index is 1690. The lowest BCUT2D eigenvalue weighted by molar-refractivity contribution is 0.270. The Morgan fingerprint density at radius 1 is 0.977 bits per heavy atom. The van der Waals surface area contributed by atoms with Crippen LogP contribution in [0.1, 0.15) is 26.6 Å². The molecule has 0 N–H and O–H groups in total. The van der Waals surface area contributed by atoms with Gasteiger partial charge in [0.2, 0.25) is 0 Å². The summed E-state index contributed by atoms with van der Waals surface area (Å²) in [6.07, 6.45) is 7.14. The molecule has 0 unspecified atom stereocenters. The van der Waals surface area contributed by atoms with E-state index in [1.54, 1.807) is 37.6 Å². The molecule has 4 aromatic heterocycles. The van der Waals surface area contributed by atoms with E-state index in [-0.39, 0.29) is 5.04 Å². The summed E-state index contributed by atoms with van der Waals surface area (Å²) >= 11 is 0. The monoisotopic (exact) mass is 601 g/mol. The van der Waals surface area contributed by atoms with Gasteiger partial charge in [0.05, 0.1) is 51.1 Å². The normalized spacial score (nSPS) is 12.1. The lowest BCUT2D eigenvalue weighted by Crippen LogP contribution is -2.41. The number of hydrogen-bond acceptors (Lipinski definition) is 10. The molecule has 0 fully saturated rings. The van der Waals surface area contributed by atoms with Gasteiger partial charge in [0.25, 0.3) is 0 Å². The highest BCUT2D eigenvalue weighted by Crippen LogP contribution is 2.37. The minimum absolute atomic E-state index is 0.132. The van der Waals surface area contributed by atoms with Gasteiger partial charge in [-0.05, 0) is 30.3 Å². The van der Waals surface area contributed by atoms with Crippen molar-refractivity contribution in [1.82, 2.24) is 39.5 Å². The second-order valence-corrected chi connectivity index (χ2v) is 16.7. The average Bonchev–Trinajstić information content (AvgIpc) is 3.62. The van der Waals surface area contributed by atoms with Gasteiger partial charge < -0.3 is 23.4 Å². The van der Waals surface area contributed by atoms with Crippen LogP contribution in [0.4, 0.5) is 11.5 Å². The van der Waals surface area contributed by atoms with Gasteiger partial charge in [-0.15, -0.1) is 10.2 Å². The quantitative estimate of drug-likeness (QED) is 0.182. The molecule has 1 aromatic carbocycles. The second kappa shape index (κ2) is 12.1. The molecule has 12 nitrogen and oxygen atoms in total. The molecule has 4 heterocycles. The molecule has 226 valence electrons. The topological polar surface area (TPSA) is 118 Å². The van der Waals surface area contributed by atoms with Gasteiger partial charge in [0.15, 0.2) is 19.8 Å². The van der Waals surface area contributed by atoms with E-state index < -0.39 is 8.32 Å². The van der Waals surface area contributed by atoms with Gasteiger partial charge in [-0.3, -0.25) is 9.67 Å². The highest BCUT2D eigenvalue weighted by Gasteiger charge is 2.37. The van der Waals surface area contributed by atoms with Crippen LogP contribution in [0.5, 0.6) is 11.5 Å². The average molecular weight is 602 g/mol. The number of aromatic nitrogens is 8. The van der Waals surface area contributed by atoms with Crippen molar-refractivity contribution in [1.29, 1.82) is 0 Å². The summed E-state index contributed by atoms with van der Waals surface area (Å²) in [5.74, 6) is 2.73. The first kappa shape index (κ1) is 30.1. The molecule has 5 aromatic rings. The summed E-state index contributed by atoms with van der Waals surface area (Å²) in [7, 11) is 3.24. The first-order chi connectivity index (χ1) is 20.5. The van der Waals surface area contributed by atoms with Crippen LogP contribution in [0.3, 0.4) is 0 Å². The van der Waals surface area contributed by atoms with E-state index in [2.05, 4.69) is 54.1 Å². The number of fused-ring (bicyclic) bond motifs is 1. The van der Waals surface area contributed by atoms with Gasteiger partial charge >= 0.3 is 0 Å². The molecule has 43 heavy (non-hydrogen) atoms. The number of rotatable bonds is 11. The van der Waals surface area contributed by atoms with E-state index >= 15 is 0 Å². The van der Waals surface area contributed by atoms with Crippen molar-refractivity contribution in [3.05, 3.63) is 61.1 Å². The summed E-state index contributed by atoms with van der Waals surface area (Å²) in [4.78, 5) is 16.4. The molecule has 13 heteroatoms. The SMILES string of the molecule is COc1cc(OC)cc(N(Cc2nncn2CCO[Si](C)(C)C(C)(C)C)c2ccc3ncc(-c4cnn(C)c4)nc3n2)c1. The van der Waals surface area contributed by atoms with E-state index in [0.29, 0.717) is 53.9 Å². The fourth-order valence-corrected chi connectivity index (χ4v) is 5.36. The summed E-state index contributed by atoms with van der Waals surface area (Å²) in [6, 6.07) is 9.55. The number of hydrogen-bond donors (Lipinski definition) is 0. The van der Waals surface area contributed by atoms with E-state index in [0.717, 1.165) is 17.1 Å². The van der Waals surface area contributed by atoms with Crippen LogP contribution in [-0.4, -0.2) is 68.6 Å². The third-order valence-corrected chi connectivity index (χ3v) is 12.5. The van der Waals surface area contributed by atoms with Crippen molar-refractivity contribution in [3.63, 3.8) is 0 Å². The molecule has 0 aliphatic rings. The minimum atomic E-state index is -1.89. The van der Waals surface area contributed by atoms with Gasteiger partial charge in [-0.2, -0.15) is 5.10 Å². The maximum Gasteiger partial charge on any atom is 0.192 e.